The van der Waals surface area contributed by atoms with Crippen LogP contribution in [0.15, 0.2) is 183 Å². The van der Waals surface area contributed by atoms with Gasteiger partial charge in [-0.1, -0.05) is 164 Å². The maximum atomic E-state index is 14.9. The van der Waals surface area contributed by atoms with Crippen molar-refractivity contribution in [3.8, 4) is 0 Å². The Morgan fingerprint density at radius 1 is 0.685 bits per heavy atom. The zero-order chi connectivity index (χ0) is 36.9. The second kappa shape index (κ2) is 15.1. The molecule has 8 rings (SSSR count). The minimum atomic E-state index is -0.845. The Kier molecular flexibility index (Phi) is 9.60. The average molecular weight is 709 g/mol. The molecule has 54 heavy (non-hydrogen) atoms. The van der Waals surface area contributed by atoms with E-state index in [1.54, 1.807) is 17.3 Å². The summed E-state index contributed by atoms with van der Waals surface area (Å²) in [5, 5.41) is 2.11. The topological polar surface area (TPSA) is 67.7 Å². The summed E-state index contributed by atoms with van der Waals surface area (Å²) in [5.41, 5.74) is 5.88. The molecule has 0 saturated carbocycles. The number of aryl methyl sites for hydroxylation is 1. The van der Waals surface area contributed by atoms with Crippen molar-refractivity contribution in [2.24, 2.45) is 0 Å². The van der Waals surface area contributed by atoms with Crippen LogP contribution >= 0.6 is 0 Å². The average Bonchev–Trinajstić information content (AvgIpc) is 3.59. The molecule has 7 aromatic rings. The van der Waals surface area contributed by atoms with E-state index in [1.165, 1.54) is 4.90 Å². The van der Waals surface area contributed by atoms with Gasteiger partial charge in [0.15, 0.2) is 0 Å². The highest BCUT2D eigenvalue weighted by atomic mass is 16.6. The number of ether oxygens (including phenoxy) is 1. The molecular weight excluding hydrogens is 669 g/mol. The summed E-state index contributed by atoms with van der Waals surface area (Å²) in [5.74, 6) is -0.209. The first-order valence-electron chi connectivity index (χ1n) is 18.2. The Labute approximate surface area is 315 Å². The molecule has 7 heteroatoms. The Balaban J connectivity index is 1.21. The van der Waals surface area contributed by atoms with E-state index < -0.39 is 17.7 Å². The molecule has 266 valence electrons. The number of amides is 2. The molecule has 7 nitrogen and oxygen atoms in total. The van der Waals surface area contributed by atoms with Gasteiger partial charge in [-0.05, 0) is 45.5 Å². The molecule has 6 aromatic carbocycles. The number of benzene rings is 6. The monoisotopic (exact) mass is 708 g/mol. The number of aromatic nitrogens is 2. The fourth-order valence-electron chi connectivity index (χ4n) is 7.68. The van der Waals surface area contributed by atoms with E-state index >= 15 is 0 Å². The van der Waals surface area contributed by atoms with E-state index in [0.717, 1.165) is 50.0 Å². The van der Waals surface area contributed by atoms with Crippen LogP contribution < -0.4 is 0 Å². The smallest absolute Gasteiger partial charge is 0.414 e. The number of hydrogen-bond donors (Lipinski definition) is 0. The molecule has 0 unspecified atom stereocenters. The van der Waals surface area contributed by atoms with Crippen LogP contribution in [0.1, 0.15) is 39.2 Å². The van der Waals surface area contributed by atoms with E-state index in [1.807, 2.05) is 86.0 Å². The Bertz CT molecular complexity index is 2310. The summed E-state index contributed by atoms with van der Waals surface area (Å²) in [6.45, 7) is 2.31. The molecular formula is C47H40N4O3. The van der Waals surface area contributed by atoms with Gasteiger partial charge in [0.1, 0.15) is 18.2 Å². The molecule has 1 atom stereocenters. The largest absolute Gasteiger partial charge is 0.444 e. The van der Waals surface area contributed by atoms with Crippen LogP contribution in [0.3, 0.4) is 0 Å². The third-order valence-corrected chi connectivity index (χ3v) is 10.4. The number of carbonyl (C=O) groups excluding carboxylic acids is 2. The zero-order valence-electron chi connectivity index (χ0n) is 30.0. The number of imidazole rings is 1. The van der Waals surface area contributed by atoms with Crippen LogP contribution in [0, 0.1) is 6.92 Å². The van der Waals surface area contributed by atoms with Crippen molar-refractivity contribution in [3.63, 3.8) is 0 Å². The second-order valence-corrected chi connectivity index (χ2v) is 13.5. The highest BCUT2D eigenvalue weighted by Crippen LogP contribution is 2.42. The van der Waals surface area contributed by atoms with Gasteiger partial charge in [-0.3, -0.25) is 9.69 Å². The molecule has 0 spiro atoms. The van der Waals surface area contributed by atoms with Gasteiger partial charge in [0.25, 0.3) is 5.91 Å². The van der Waals surface area contributed by atoms with Crippen molar-refractivity contribution in [2.75, 3.05) is 0 Å². The molecule has 0 saturated heterocycles. The van der Waals surface area contributed by atoms with Crippen molar-refractivity contribution < 1.29 is 14.3 Å². The van der Waals surface area contributed by atoms with Crippen LogP contribution in [-0.2, 0) is 34.6 Å². The van der Waals surface area contributed by atoms with Gasteiger partial charge in [0, 0.05) is 18.8 Å². The standard InChI is InChI=1S/C47H40N4O3/c1-35-44(51(34-48-35)47(39-22-8-3-9-23-39,40-24-10-4-11-25-40)41-26-12-5-13-27-41)32-49-29-30-50(46(53)54-33-36-17-6-2-7-18-36)43(45(49)52)31-38-21-16-20-37-19-14-15-28-42(37)38/h2-30,34,43H,31-33H2,1H3/t43-/m0/s1. The Hall–Kier alpha value is -6.73. The first kappa shape index (κ1) is 34.4. The lowest BCUT2D eigenvalue weighted by Gasteiger charge is -2.40. The number of carbonyl (C=O) groups is 2. The first-order chi connectivity index (χ1) is 26.5. The molecule has 0 N–H and O–H groups in total. The fraction of sp³-hybridized carbons (Fsp3) is 0.128. The Morgan fingerprint density at radius 3 is 1.87 bits per heavy atom. The normalized spacial score (nSPS) is 14.4. The fourth-order valence-corrected chi connectivity index (χ4v) is 7.68. The zero-order valence-corrected chi connectivity index (χ0v) is 30.0. The van der Waals surface area contributed by atoms with Crippen LogP contribution in [0.4, 0.5) is 4.79 Å². The number of rotatable bonds is 10. The van der Waals surface area contributed by atoms with Gasteiger partial charge in [0.05, 0.1) is 24.3 Å². The van der Waals surface area contributed by atoms with E-state index in [9.17, 15) is 9.59 Å². The van der Waals surface area contributed by atoms with Gasteiger partial charge in [-0.15, -0.1) is 0 Å². The van der Waals surface area contributed by atoms with Crippen molar-refractivity contribution >= 4 is 22.8 Å². The minimum Gasteiger partial charge on any atom is -0.444 e. The third-order valence-electron chi connectivity index (χ3n) is 10.4. The van der Waals surface area contributed by atoms with Gasteiger partial charge in [-0.25, -0.2) is 9.78 Å². The summed E-state index contributed by atoms with van der Waals surface area (Å²) in [6, 6.07) is 54.2. The van der Waals surface area contributed by atoms with E-state index in [2.05, 4.69) is 95.6 Å². The van der Waals surface area contributed by atoms with E-state index in [4.69, 9.17) is 9.72 Å². The molecule has 0 radical (unpaired) electrons. The highest BCUT2D eigenvalue weighted by Gasteiger charge is 2.42. The number of nitrogens with zero attached hydrogens (tertiary/aromatic N) is 4. The van der Waals surface area contributed by atoms with E-state index in [0.29, 0.717) is 6.42 Å². The van der Waals surface area contributed by atoms with E-state index in [-0.39, 0.29) is 19.1 Å². The maximum absolute atomic E-state index is 14.9. The van der Waals surface area contributed by atoms with Gasteiger partial charge >= 0.3 is 6.09 Å². The van der Waals surface area contributed by atoms with Crippen LogP contribution in [0.5, 0.6) is 0 Å². The first-order valence-corrected chi connectivity index (χ1v) is 18.2. The van der Waals surface area contributed by atoms with Crippen molar-refractivity contribution in [1.29, 1.82) is 0 Å². The van der Waals surface area contributed by atoms with Gasteiger partial charge in [-0.2, -0.15) is 0 Å². The highest BCUT2D eigenvalue weighted by molar-refractivity contribution is 5.91. The molecule has 2 heterocycles. The number of fused-ring (bicyclic) bond motifs is 1. The summed E-state index contributed by atoms with van der Waals surface area (Å²) in [6.07, 6.45) is 4.99. The minimum absolute atomic E-state index is 0.0990. The number of hydrogen-bond acceptors (Lipinski definition) is 4. The lowest BCUT2D eigenvalue weighted by molar-refractivity contribution is -0.135. The third kappa shape index (κ3) is 6.45. The summed E-state index contributed by atoms with van der Waals surface area (Å²) in [4.78, 5) is 36.7. The van der Waals surface area contributed by atoms with Gasteiger partial charge < -0.3 is 14.2 Å². The van der Waals surface area contributed by atoms with Gasteiger partial charge in [0.2, 0.25) is 0 Å². The molecule has 2 amide bonds. The lowest BCUT2D eigenvalue weighted by Crippen LogP contribution is -2.52. The quantitative estimate of drug-likeness (QED) is 0.133. The van der Waals surface area contributed by atoms with Crippen LogP contribution in [0.25, 0.3) is 10.8 Å². The second-order valence-electron chi connectivity index (χ2n) is 13.5. The lowest BCUT2D eigenvalue weighted by atomic mass is 9.76. The summed E-state index contributed by atoms with van der Waals surface area (Å²) in [7, 11) is 0. The maximum Gasteiger partial charge on any atom is 0.414 e. The molecule has 0 fully saturated rings. The summed E-state index contributed by atoms with van der Waals surface area (Å²) >= 11 is 0. The van der Waals surface area contributed by atoms with Crippen molar-refractivity contribution in [3.05, 3.63) is 222 Å². The van der Waals surface area contributed by atoms with Crippen LogP contribution in [0.2, 0.25) is 0 Å². The SMILES string of the molecule is Cc1ncn(C(c2ccccc2)(c2ccccc2)c2ccccc2)c1CN1C=CN(C(=O)OCc2ccccc2)[C@@H](Cc2cccc3ccccc23)C1=O. The molecule has 0 aliphatic carbocycles. The predicted octanol–water partition coefficient (Wildman–Crippen LogP) is 9.25. The van der Waals surface area contributed by atoms with Crippen molar-refractivity contribution in [1.82, 2.24) is 19.4 Å². The predicted molar refractivity (Wildman–Crippen MR) is 211 cm³/mol. The van der Waals surface area contributed by atoms with Crippen LogP contribution in [-0.4, -0.2) is 37.4 Å². The van der Waals surface area contributed by atoms with Crippen molar-refractivity contribution in [2.45, 2.75) is 38.1 Å². The molecule has 0 bridgehead atoms. The molecule has 1 aliphatic rings. The summed E-state index contributed by atoms with van der Waals surface area (Å²) < 4.78 is 8.01. The molecule has 1 aliphatic heterocycles. The Morgan fingerprint density at radius 2 is 1.24 bits per heavy atom. The molecule has 1 aromatic heterocycles.